The Morgan fingerprint density at radius 3 is 2.80 bits per heavy atom. The van der Waals surface area contributed by atoms with Gasteiger partial charge in [0.15, 0.2) is 0 Å². The Kier molecular flexibility index (Phi) is 8.53. The average Bonchev–Trinajstić information content (AvgIpc) is 2.26. The third-order valence-electron chi connectivity index (χ3n) is 2.16. The first-order chi connectivity index (χ1) is 7.24. The molecule has 0 bridgehead atoms. The molecule has 15 heavy (non-hydrogen) atoms. The molecule has 1 atom stereocenters. The fraction of sp³-hybridized carbons (Fsp3) is 0.583. The first kappa shape index (κ1) is 13.8. The predicted molar refractivity (Wildman–Crippen MR) is 67.7 cm³/mol. The van der Waals surface area contributed by atoms with Crippen molar-refractivity contribution in [2.24, 2.45) is 10.7 Å². The summed E-state index contributed by atoms with van der Waals surface area (Å²) >= 11 is 0. The lowest BCUT2D eigenvalue weighted by atomic mass is 10.1. The van der Waals surface area contributed by atoms with Crippen LogP contribution in [0.15, 0.2) is 29.7 Å². The summed E-state index contributed by atoms with van der Waals surface area (Å²) in [5.41, 5.74) is 6.32. The van der Waals surface area contributed by atoms with Crippen molar-refractivity contribution in [1.82, 2.24) is 5.32 Å². The minimum Gasteiger partial charge on any atom is -0.396 e. The quantitative estimate of drug-likeness (QED) is 0.604. The van der Waals surface area contributed by atoms with E-state index in [4.69, 9.17) is 5.73 Å². The Morgan fingerprint density at radius 2 is 2.27 bits per heavy atom. The van der Waals surface area contributed by atoms with Crippen LogP contribution in [0.2, 0.25) is 0 Å². The van der Waals surface area contributed by atoms with Gasteiger partial charge in [0.05, 0.1) is 5.70 Å². The molecule has 3 heteroatoms. The van der Waals surface area contributed by atoms with E-state index >= 15 is 0 Å². The van der Waals surface area contributed by atoms with E-state index in [1.807, 2.05) is 0 Å². The monoisotopic (exact) mass is 209 g/mol. The fourth-order valence-corrected chi connectivity index (χ4v) is 1.21. The molecule has 0 radical (unpaired) electrons. The maximum atomic E-state index is 5.69. The molecule has 0 aliphatic carbocycles. The van der Waals surface area contributed by atoms with E-state index in [0.717, 1.165) is 12.8 Å². The molecule has 3 N–H and O–H groups in total. The highest BCUT2D eigenvalue weighted by Crippen LogP contribution is 2.07. The third-order valence-corrected chi connectivity index (χ3v) is 2.16. The molecule has 0 aliphatic rings. The maximum absolute atomic E-state index is 5.69. The normalized spacial score (nSPS) is 14.1. The van der Waals surface area contributed by atoms with E-state index in [-0.39, 0.29) is 0 Å². The molecule has 0 saturated carbocycles. The van der Waals surface area contributed by atoms with Crippen molar-refractivity contribution >= 4 is 6.21 Å². The van der Waals surface area contributed by atoms with Gasteiger partial charge in [-0.25, -0.2) is 0 Å². The van der Waals surface area contributed by atoms with Crippen LogP contribution in [0.4, 0.5) is 0 Å². The van der Waals surface area contributed by atoms with Crippen LogP contribution >= 0.6 is 0 Å². The van der Waals surface area contributed by atoms with Gasteiger partial charge in [-0.1, -0.05) is 33.3 Å². The molecule has 86 valence electrons. The Morgan fingerprint density at radius 1 is 1.53 bits per heavy atom. The highest BCUT2D eigenvalue weighted by molar-refractivity contribution is 5.77. The predicted octanol–water partition coefficient (Wildman–Crippen LogP) is 2.56. The van der Waals surface area contributed by atoms with Gasteiger partial charge in [0.1, 0.15) is 0 Å². The summed E-state index contributed by atoms with van der Waals surface area (Å²) in [6, 6.07) is 0.403. The van der Waals surface area contributed by atoms with Gasteiger partial charge in [-0.3, -0.25) is 4.99 Å². The molecule has 0 heterocycles. The lowest BCUT2D eigenvalue weighted by Gasteiger charge is -2.08. The number of nitrogens with two attached hydrogens (primary N) is 1. The van der Waals surface area contributed by atoms with E-state index < -0.39 is 0 Å². The van der Waals surface area contributed by atoms with Gasteiger partial charge in [-0.15, -0.1) is 0 Å². The second kappa shape index (κ2) is 9.31. The first-order valence-corrected chi connectivity index (χ1v) is 5.60. The van der Waals surface area contributed by atoms with Gasteiger partial charge in [-0.2, -0.15) is 0 Å². The van der Waals surface area contributed by atoms with E-state index in [2.05, 4.69) is 30.7 Å². The SMILES string of the molecule is C=CN/C=C(N)\C=N/C(CC)CCCC. The van der Waals surface area contributed by atoms with Gasteiger partial charge in [-0.05, 0) is 19.0 Å². The van der Waals surface area contributed by atoms with Gasteiger partial charge in [0.2, 0.25) is 0 Å². The number of unbranched alkanes of at least 4 members (excludes halogenated alkanes) is 1. The van der Waals surface area contributed by atoms with Crippen LogP contribution in [0.1, 0.15) is 39.5 Å². The molecule has 3 nitrogen and oxygen atoms in total. The highest BCUT2D eigenvalue weighted by Gasteiger charge is 2.01. The number of hydrogen-bond donors (Lipinski definition) is 2. The zero-order chi connectivity index (χ0) is 11.5. The zero-order valence-electron chi connectivity index (χ0n) is 9.87. The summed E-state index contributed by atoms with van der Waals surface area (Å²) in [6.45, 7) is 7.87. The molecule has 0 aromatic rings. The smallest absolute Gasteiger partial charge is 0.0658 e. The van der Waals surface area contributed by atoms with Crippen LogP contribution in [-0.2, 0) is 0 Å². The topological polar surface area (TPSA) is 50.4 Å². The Hall–Kier alpha value is -1.25. The lowest BCUT2D eigenvalue weighted by molar-refractivity contribution is 0.566. The number of hydrogen-bond acceptors (Lipinski definition) is 3. The summed E-state index contributed by atoms with van der Waals surface area (Å²) in [5.74, 6) is 0. The second-order valence-electron chi connectivity index (χ2n) is 3.50. The molecule has 1 unspecified atom stereocenters. The fourth-order valence-electron chi connectivity index (χ4n) is 1.21. The minimum absolute atomic E-state index is 0.403. The molecule has 0 rings (SSSR count). The summed E-state index contributed by atoms with van der Waals surface area (Å²) in [4.78, 5) is 4.44. The maximum Gasteiger partial charge on any atom is 0.0658 e. The summed E-state index contributed by atoms with van der Waals surface area (Å²) in [6.07, 6.45) is 9.64. The molecule has 0 saturated heterocycles. The van der Waals surface area contributed by atoms with Crippen molar-refractivity contribution in [3.05, 3.63) is 24.7 Å². The molecule has 0 spiro atoms. The molecule has 0 aromatic heterocycles. The number of nitrogens with one attached hydrogen (secondary N) is 1. The average molecular weight is 209 g/mol. The summed E-state index contributed by atoms with van der Waals surface area (Å²) < 4.78 is 0. The van der Waals surface area contributed by atoms with Crippen LogP contribution in [0.3, 0.4) is 0 Å². The van der Waals surface area contributed by atoms with Gasteiger partial charge in [0, 0.05) is 18.5 Å². The van der Waals surface area contributed by atoms with Gasteiger partial charge >= 0.3 is 0 Å². The Labute approximate surface area is 93.2 Å². The standard InChI is InChI=1S/C12H23N3/c1-4-7-8-12(5-2)15-10-11(13)9-14-6-3/h6,9-10,12,14H,3-5,7-8,13H2,1-2H3/b11-9+,15-10-. The molecule has 0 fully saturated rings. The van der Waals surface area contributed by atoms with Crippen molar-refractivity contribution in [3.8, 4) is 0 Å². The van der Waals surface area contributed by atoms with Crippen molar-refractivity contribution in [3.63, 3.8) is 0 Å². The van der Waals surface area contributed by atoms with E-state index in [1.165, 1.54) is 12.8 Å². The zero-order valence-corrected chi connectivity index (χ0v) is 9.87. The van der Waals surface area contributed by atoms with E-state index in [1.54, 1.807) is 18.6 Å². The number of nitrogens with zero attached hydrogens (tertiary/aromatic N) is 1. The van der Waals surface area contributed by atoms with Crippen LogP contribution < -0.4 is 11.1 Å². The van der Waals surface area contributed by atoms with Gasteiger partial charge in [0.25, 0.3) is 0 Å². The third kappa shape index (κ3) is 7.79. The summed E-state index contributed by atoms with van der Waals surface area (Å²) in [5, 5.41) is 2.82. The Balaban J connectivity index is 4.03. The van der Waals surface area contributed by atoms with Crippen LogP contribution in [0.5, 0.6) is 0 Å². The lowest BCUT2D eigenvalue weighted by Crippen LogP contribution is -2.08. The van der Waals surface area contributed by atoms with Gasteiger partial charge < -0.3 is 11.1 Å². The first-order valence-electron chi connectivity index (χ1n) is 5.60. The van der Waals surface area contributed by atoms with Crippen LogP contribution in [0, 0.1) is 0 Å². The highest BCUT2D eigenvalue weighted by atomic mass is 14.8. The van der Waals surface area contributed by atoms with Crippen LogP contribution in [-0.4, -0.2) is 12.3 Å². The molecular formula is C12H23N3. The van der Waals surface area contributed by atoms with Crippen molar-refractivity contribution in [2.75, 3.05) is 0 Å². The molecule has 0 aliphatic heterocycles. The molecule has 0 aromatic carbocycles. The van der Waals surface area contributed by atoms with E-state index in [0.29, 0.717) is 11.7 Å². The summed E-state index contributed by atoms with van der Waals surface area (Å²) in [7, 11) is 0. The van der Waals surface area contributed by atoms with Crippen molar-refractivity contribution in [1.29, 1.82) is 0 Å². The largest absolute Gasteiger partial charge is 0.396 e. The second-order valence-corrected chi connectivity index (χ2v) is 3.50. The number of allylic oxidation sites excluding steroid dienone is 1. The van der Waals surface area contributed by atoms with Crippen molar-refractivity contribution < 1.29 is 0 Å². The van der Waals surface area contributed by atoms with Crippen molar-refractivity contribution in [2.45, 2.75) is 45.6 Å². The minimum atomic E-state index is 0.403. The number of rotatable bonds is 8. The van der Waals surface area contributed by atoms with E-state index in [9.17, 15) is 0 Å². The van der Waals surface area contributed by atoms with Crippen LogP contribution in [0.25, 0.3) is 0 Å². The number of aliphatic imine (C=N–C) groups is 1. The Bertz CT molecular complexity index is 219. The molecule has 0 amide bonds. The molecular weight excluding hydrogens is 186 g/mol.